The summed E-state index contributed by atoms with van der Waals surface area (Å²) < 4.78 is 34.1. The molecule has 0 saturated carbocycles. The fraction of sp³-hybridized carbons (Fsp3) is 0.259. The molecule has 0 amide bonds. The van der Waals surface area contributed by atoms with E-state index in [1.807, 2.05) is 31.2 Å². The average molecular weight is 433 g/mol. The van der Waals surface area contributed by atoms with Crippen molar-refractivity contribution in [1.29, 1.82) is 0 Å². The molecule has 3 aromatic carbocycles. The van der Waals surface area contributed by atoms with Crippen LogP contribution in [0.15, 0.2) is 70.9 Å². The van der Waals surface area contributed by atoms with Crippen molar-refractivity contribution in [3.63, 3.8) is 0 Å². The van der Waals surface area contributed by atoms with E-state index in [1.54, 1.807) is 24.3 Å². The van der Waals surface area contributed by atoms with Gasteiger partial charge in [-0.3, -0.25) is 0 Å². The van der Waals surface area contributed by atoms with Crippen LogP contribution >= 0.6 is 0 Å². The number of unbranched alkanes of at least 4 members (excludes halogenated alkanes) is 1. The molecule has 0 aliphatic carbocycles. The molecule has 164 valence electrons. The van der Waals surface area contributed by atoms with Crippen LogP contribution in [-0.2, 0) is 6.42 Å². The summed E-state index contributed by atoms with van der Waals surface area (Å²) in [5, 5.41) is 8.41. The smallest absolute Gasteiger partial charge is 0.142 e. The lowest BCUT2D eigenvalue weighted by Crippen LogP contribution is -1.95. The highest BCUT2D eigenvalue weighted by atomic mass is 19.1. The lowest BCUT2D eigenvalue weighted by molar-refractivity contribution is 0.317. The topological polar surface area (TPSA) is 34.0 Å². The van der Waals surface area contributed by atoms with Gasteiger partial charge in [0.1, 0.15) is 17.4 Å². The van der Waals surface area contributed by atoms with E-state index in [0.29, 0.717) is 35.5 Å². The van der Waals surface area contributed by atoms with E-state index in [9.17, 15) is 8.78 Å². The number of hydrogen-bond donors (Lipinski definition) is 0. The average Bonchev–Trinajstić information content (AvgIpc) is 2.81. The van der Waals surface area contributed by atoms with Gasteiger partial charge in [-0.05, 0) is 85.5 Å². The van der Waals surface area contributed by atoms with E-state index in [0.717, 1.165) is 25.0 Å². The quantitative estimate of drug-likeness (QED) is 0.263. The van der Waals surface area contributed by atoms with Gasteiger partial charge in [-0.15, -0.1) is 0 Å². The molecule has 0 aromatic heterocycles. The van der Waals surface area contributed by atoms with Crippen molar-refractivity contribution in [3.05, 3.63) is 89.0 Å². The highest BCUT2D eigenvalue weighted by Gasteiger charge is 2.09. The molecule has 0 bridgehead atoms. The molecule has 0 heterocycles. The summed E-state index contributed by atoms with van der Waals surface area (Å²) in [4.78, 5) is 0. The standard InChI is InChI=1S/C27H26F2N2O/c1-3-5-6-21-18-26(28)25(27(29)19-21)16-9-20-7-10-22(11-8-20)30-31-23-12-14-24(15-13-23)32-17-4-2/h7-8,10-15,18-19H,3-6,17H2,1-2H3. The number of rotatable bonds is 8. The van der Waals surface area contributed by atoms with Crippen molar-refractivity contribution in [1.82, 2.24) is 0 Å². The second-order valence-corrected chi connectivity index (χ2v) is 7.38. The number of nitrogens with zero attached hydrogens (tertiary/aromatic N) is 2. The zero-order valence-corrected chi connectivity index (χ0v) is 18.4. The van der Waals surface area contributed by atoms with Gasteiger partial charge in [-0.25, -0.2) is 8.78 Å². The van der Waals surface area contributed by atoms with Crippen LogP contribution in [0, 0.1) is 23.5 Å². The van der Waals surface area contributed by atoms with Gasteiger partial charge >= 0.3 is 0 Å². The second-order valence-electron chi connectivity index (χ2n) is 7.38. The molecule has 0 radical (unpaired) electrons. The molecule has 0 saturated heterocycles. The molecule has 0 spiro atoms. The summed E-state index contributed by atoms with van der Waals surface area (Å²) in [7, 11) is 0. The van der Waals surface area contributed by atoms with Crippen LogP contribution in [-0.4, -0.2) is 6.61 Å². The predicted octanol–water partition coefficient (Wildman–Crippen LogP) is 7.91. The lowest BCUT2D eigenvalue weighted by atomic mass is 10.0. The van der Waals surface area contributed by atoms with Gasteiger partial charge < -0.3 is 4.74 Å². The van der Waals surface area contributed by atoms with Crippen LogP contribution in [0.25, 0.3) is 0 Å². The molecule has 0 unspecified atom stereocenters. The number of aryl methyl sites for hydroxylation is 1. The van der Waals surface area contributed by atoms with Gasteiger partial charge in [-0.1, -0.05) is 32.1 Å². The zero-order chi connectivity index (χ0) is 22.8. The Morgan fingerprint density at radius 2 is 1.38 bits per heavy atom. The van der Waals surface area contributed by atoms with Crippen LogP contribution in [0.3, 0.4) is 0 Å². The fourth-order valence-electron chi connectivity index (χ4n) is 2.96. The Labute approximate surface area is 188 Å². The number of benzene rings is 3. The number of hydrogen-bond acceptors (Lipinski definition) is 3. The van der Waals surface area contributed by atoms with Gasteiger partial charge in [0.05, 0.1) is 23.5 Å². The van der Waals surface area contributed by atoms with E-state index in [4.69, 9.17) is 4.74 Å². The molecule has 0 aliphatic heterocycles. The van der Waals surface area contributed by atoms with E-state index in [2.05, 4.69) is 29.0 Å². The van der Waals surface area contributed by atoms with Gasteiger partial charge in [0.2, 0.25) is 0 Å². The van der Waals surface area contributed by atoms with E-state index < -0.39 is 11.6 Å². The first kappa shape index (κ1) is 23.1. The van der Waals surface area contributed by atoms with Gasteiger partial charge in [0.15, 0.2) is 0 Å². The molecule has 32 heavy (non-hydrogen) atoms. The molecule has 0 atom stereocenters. The van der Waals surface area contributed by atoms with Crippen LogP contribution in [0.4, 0.5) is 20.2 Å². The summed E-state index contributed by atoms with van der Waals surface area (Å²) in [6, 6.07) is 17.1. The predicted molar refractivity (Wildman–Crippen MR) is 124 cm³/mol. The summed E-state index contributed by atoms with van der Waals surface area (Å²) in [6.07, 6.45) is 3.48. The van der Waals surface area contributed by atoms with Crippen LogP contribution in [0.5, 0.6) is 5.75 Å². The summed E-state index contributed by atoms with van der Waals surface area (Å²) in [6.45, 7) is 4.78. The Hall–Kier alpha value is -3.52. The third kappa shape index (κ3) is 6.75. The molecule has 3 rings (SSSR count). The lowest BCUT2D eigenvalue weighted by Gasteiger charge is -2.03. The van der Waals surface area contributed by atoms with Crippen molar-refractivity contribution in [3.8, 4) is 17.6 Å². The summed E-state index contributed by atoms with van der Waals surface area (Å²) in [5.74, 6) is 4.98. The minimum Gasteiger partial charge on any atom is -0.494 e. The van der Waals surface area contributed by atoms with Crippen molar-refractivity contribution in [2.45, 2.75) is 39.5 Å². The maximum atomic E-state index is 14.3. The highest BCUT2D eigenvalue weighted by molar-refractivity contribution is 5.49. The SMILES string of the molecule is CCCCc1cc(F)c(C#Cc2ccc(N=Nc3ccc(OCCC)cc3)cc2)c(F)c1. The van der Waals surface area contributed by atoms with E-state index in [1.165, 1.54) is 12.1 Å². The van der Waals surface area contributed by atoms with Crippen LogP contribution < -0.4 is 4.74 Å². The molecule has 3 nitrogen and oxygen atoms in total. The second kappa shape index (κ2) is 11.8. The molecule has 0 N–H and O–H groups in total. The normalized spacial score (nSPS) is 10.8. The van der Waals surface area contributed by atoms with Gasteiger partial charge in [0, 0.05) is 5.56 Å². The maximum absolute atomic E-state index is 14.3. The van der Waals surface area contributed by atoms with Crippen molar-refractivity contribution in [2.24, 2.45) is 10.2 Å². The Bertz CT molecular complexity index is 1090. The summed E-state index contributed by atoms with van der Waals surface area (Å²) >= 11 is 0. The Morgan fingerprint density at radius 3 is 1.94 bits per heavy atom. The number of ether oxygens (including phenoxy) is 1. The van der Waals surface area contributed by atoms with Crippen molar-refractivity contribution >= 4 is 11.4 Å². The number of halogens is 2. The molecule has 0 aliphatic rings. The van der Waals surface area contributed by atoms with Crippen molar-refractivity contribution < 1.29 is 13.5 Å². The maximum Gasteiger partial charge on any atom is 0.142 e. The highest BCUT2D eigenvalue weighted by Crippen LogP contribution is 2.22. The Kier molecular flexibility index (Phi) is 8.51. The minimum absolute atomic E-state index is 0.208. The number of azo groups is 1. The Balaban J connectivity index is 1.66. The van der Waals surface area contributed by atoms with E-state index in [-0.39, 0.29) is 5.56 Å². The molecule has 0 fully saturated rings. The van der Waals surface area contributed by atoms with Gasteiger partial charge in [-0.2, -0.15) is 10.2 Å². The first-order valence-corrected chi connectivity index (χ1v) is 10.8. The van der Waals surface area contributed by atoms with Crippen LogP contribution in [0.1, 0.15) is 49.8 Å². The third-order valence-electron chi connectivity index (χ3n) is 4.71. The molecular formula is C27H26F2N2O. The monoisotopic (exact) mass is 432 g/mol. The van der Waals surface area contributed by atoms with Crippen molar-refractivity contribution in [2.75, 3.05) is 6.61 Å². The molecule has 5 heteroatoms. The molecule has 3 aromatic rings. The largest absolute Gasteiger partial charge is 0.494 e. The third-order valence-corrected chi connectivity index (χ3v) is 4.71. The minimum atomic E-state index is -0.625. The molecular weight excluding hydrogens is 406 g/mol. The summed E-state index contributed by atoms with van der Waals surface area (Å²) in [5.41, 5.74) is 2.45. The van der Waals surface area contributed by atoms with Gasteiger partial charge in [0.25, 0.3) is 0 Å². The van der Waals surface area contributed by atoms with Crippen LogP contribution in [0.2, 0.25) is 0 Å². The first-order valence-electron chi connectivity index (χ1n) is 10.8. The Morgan fingerprint density at radius 1 is 0.781 bits per heavy atom. The zero-order valence-electron chi connectivity index (χ0n) is 18.4. The van der Waals surface area contributed by atoms with E-state index >= 15 is 0 Å². The fourth-order valence-corrected chi connectivity index (χ4v) is 2.96. The first-order chi connectivity index (χ1) is 15.6.